The first-order valence-corrected chi connectivity index (χ1v) is 6.38. The van der Waals surface area contributed by atoms with Crippen molar-refractivity contribution in [2.75, 3.05) is 13.2 Å². The average molecular weight is 235 g/mol. The lowest BCUT2D eigenvalue weighted by Gasteiger charge is -2.28. The number of aromatic nitrogens is 2. The quantitative estimate of drug-likeness (QED) is 0.867. The van der Waals surface area contributed by atoms with Crippen molar-refractivity contribution in [3.05, 3.63) is 23.0 Å². The van der Waals surface area contributed by atoms with Crippen LogP contribution in [0, 0.1) is 12.8 Å². The van der Waals surface area contributed by atoms with E-state index in [1.807, 2.05) is 6.92 Å². The summed E-state index contributed by atoms with van der Waals surface area (Å²) in [6, 6.07) is 2.16. The average Bonchev–Trinajstić information content (AvgIpc) is 2.39. The van der Waals surface area contributed by atoms with Crippen molar-refractivity contribution in [2.45, 2.75) is 39.2 Å². The fraction of sp³-hybridized carbons (Fsp3) is 0.692. The van der Waals surface area contributed by atoms with Crippen LogP contribution in [0.15, 0.2) is 6.07 Å². The molecule has 0 saturated carbocycles. The SMILES string of the molecule is CCc1nnc(C)cc1C(N)C1CCOCC1. The summed E-state index contributed by atoms with van der Waals surface area (Å²) in [6.07, 6.45) is 2.98. The molecule has 1 aliphatic heterocycles. The first-order valence-electron chi connectivity index (χ1n) is 6.38. The number of rotatable bonds is 3. The topological polar surface area (TPSA) is 61.0 Å². The van der Waals surface area contributed by atoms with Gasteiger partial charge in [-0.05, 0) is 43.7 Å². The standard InChI is InChI=1S/C13H21N3O/c1-3-12-11(8-9(2)15-16-12)13(14)10-4-6-17-7-5-10/h8,10,13H,3-7,14H2,1-2H3. The van der Waals surface area contributed by atoms with Crippen LogP contribution >= 0.6 is 0 Å². The van der Waals surface area contributed by atoms with Gasteiger partial charge in [0.1, 0.15) is 0 Å². The lowest BCUT2D eigenvalue weighted by molar-refractivity contribution is 0.0582. The molecule has 0 aromatic carbocycles. The lowest BCUT2D eigenvalue weighted by Crippen LogP contribution is -2.28. The zero-order valence-corrected chi connectivity index (χ0v) is 10.6. The van der Waals surface area contributed by atoms with Crippen LogP contribution in [0.25, 0.3) is 0 Å². The van der Waals surface area contributed by atoms with E-state index < -0.39 is 0 Å². The molecule has 0 spiro atoms. The molecule has 2 rings (SSSR count). The molecule has 17 heavy (non-hydrogen) atoms. The van der Waals surface area contributed by atoms with Gasteiger partial charge in [0.25, 0.3) is 0 Å². The van der Waals surface area contributed by atoms with Crippen molar-refractivity contribution in [1.29, 1.82) is 0 Å². The highest BCUT2D eigenvalue weighted by Gasteiger charge is 2.24. The Morgan fingerprint density at radius 1 is 1.41 bits per heavy atom. The fourth-order valence-electron chi connectivity index (χ4n) is 2.43. The Kier molecular flexibility index (Phi) is 4.07. The summed E-state index contributed by atoms with van der Waals surface area (Å²) >= 11 is 0. The first kappa shape index (κ1) is 12.5. The molecule has 1 aliphatic rings. The van der Waals surface area contributed by atoms with Crippen LogP contribution in [0.1, 0.15) is 42.8 Å². The van der Waals surface area contributed by atoms with Crippen LogP contribution in [0.3, 0.4) is 0 Å². The Labute approximate surface area is 103 Å². The van der Waals surface area contributed by atoms with Gasteiger partial charge in [-0.15, -0.1) is 0 Å². The molecule has 1 aromatic heterocycles. The molecule has 4 heteroatoms. The highest BCUT2D eigenvalue weighted by molar-refractivity contribution is 5.25. The van der Waals surface area contributed by atoms with Gasteiger partial charge in [-0.3, -0.25) is 0 Å². The zero-order valence-electron chi connectivity index (χ0n) is 10.6. The van der Waals surface area contributed by atoms with E-state index in [0.717, 1.165) is 43.9 Å². The van der Waals surface area contributed by atoms with Gasteiger partial charge in [0.15, 0.2) is 0 Å². The maximum absolute atomic E-state index is 6.39. The van der Waals surface area contributed by atoms with Crippen LogP contribution in [-0.4, -0.2) is 23.4 Å². The Bertz CT molecular complexity index is 375. The number of hydrogen-bond donors (Lipinski definition) is 1. The molecule has 0 radical (unpaired) electrons. The molecule has 94 valence electrons. The third-order valence-electron chi connectivity index (χ3n) is 3.49. The van der Waals surface area contributed by atoms with Crippen molar-refractivity contribution in [2.24, 2.45) is 11.7 Å². The summed E-state index contributed by atoms with van der Waals surface area (Å²) < 4.78 is 5.38. The molecule has 4 nitrogen and oxygen atoms in total. The van der Waals surface area contributed by atoms with E-state index in [1.165, 1.54) is 5.56 Å². The van der Waals surface area contributed by atoms with Crippen molar-refractivity contribution >= 4 is 0 Å². The molecule has 1 unspecified atom stereocenters. The molecule has 0 bridgehead atoms. The van der Waals surface area contributed by atoms with Gasteiger partial charge in [0.05, 0.1) is 11.4 Å². The normalized spacial score (nSPS) is 19.2. The fourth-order valence-corrected chi connectivity index (χ4v) is 2.43. The first-order chi connectivity index (χ1) is 8.22. The monoisotopic (exact) mass is 235 g/mol. The second-order valence-corrected chi connectivity index (χ2v) is 4.72. The van der Waals surface area contributed by atoms with Gasteiger partial charge in [-0.2, -0.15) is 10.2 Å². The molecular weight excluding hydrogens is 214 g/mol. The third-order valence-corrected chi connectivity index (χ3v) is 3.49. The smallest absolute Gasteiger partial charge is 0.0676 e. The number of hydrogen-bond acceptors (Lipinski definition) is 4. The van der Waals surface area contributed by atoms with E-state index in [2.05, 4.69) is 23.2 Å². The van der Waals surface area contributed by atoms with E-state index in [-0.39, 0.29) is 6.04 Å². The van der Waals surface area contributed by atoms with Gasteiger partial charge in [0, 0.05) is 19.3 Å². The van der Waals surface area contributed by atoms with Crippen LogP contribution in [0.5, 0.6) is 0 Å². The molecule has 0 aliphatic carbocycles. The molecule has 1 atom stereocenters. The van der Waals surface area contributed by atoms with E-state index in [1.54, 1.807) is 0 Å². The minimum atomic E-state index is 0.0723. The molecule has 2 N–H and O–H groups in total. The van der Waals surface area contributed by atoms with Crippen molar-refractivity contribution < 1.29 is 4.74 Å². The maximum atomic E-state index is 6.39. The predicted molar refractivity (Wildman–Crippen MR) is 66.6 cm³/mol. The minimum absolute atomic E-state index is 0.0723. The van der Waals surface area contributed by atoms with Crippen molar-refractivity contribution in [1.82, 2.24) is 10.2 Å². The zero-order chi connectivity index (χ0) is 12.3. The maximum Gasteiger partial charge on any atom is 0.0676 e. The predicted octanol–water partition coefficient (Wildman–Crippen LogP) is 1.77. The molecule has 1 saturated heterocycles. The summed E-state index contributed by atoms with van der Waals surface area (Å²) in [7, 11) is 0. The van der Waals surface area contributed by atoms with Crippen LogP contribution < -0.4 is 5.73 Å². The van der Waals surface area contributed by atoms with Gasteiger partial charge in [-0.1, -0.05) is 6.92 Å². The largest absolute Gasteiger partial charge is 0.381 e. The van der Waals surface area contributed by atoms with Crippen LogP contribution in [-0.2, 0) is 11.2 Å². The number of nitrogens with zero attached hydrogens (tertiary/aromatic N) is 2. The van der Waals surface area contributed by atoms with Crippen molar-refractivity contribution in [3.63, 3.8) is 0 Å². The molecule has 1 fully saturated rings. The lowest BCUT2D eigenvalue weighted by atomic mass is 9.86. The Balaban J connectivity index is 2.21. The highest BCUT2D eigenvalue weighted by atomic mass is 16.5. The van der Waals surface area contributed by atoms with E-state index in [9.17, 15) is 0 Å². The van der Waals surface area contributed by atoms with Gasteiger partial charge in [0.2, 0.25) is 0 Å². The Hall–Kier alpha value is -1.00. The van der Waals surface area contributed by atoms with Gasteiger partial charge in [-0.25, -0.2) is 0 Å². The Morgan fingerprint density at radius 3 is 2.76 bits per heavy atom. The minimum Gasteiger partial charge on any atom is -0.381 e. The summed E-state index contributed by atoms with van der Waals surface area (Å²) in [5.74, 6) is 0.512. The van der Waals surface area contributed by atoms with Crippen LogP contribution in [0.2, 0.25) is 0 Å². The molecule has 0 amide bonds. The second-order valence-electron chi connectivity index (χ2n) is 4.72. The summed E-state index contributed by atoms with van der Waals surface area (Å²) in [4.78, 5) is 0. The molecule has 1 aromatic rings. The van der Waals surface area contributed by atoms with Gasteiger partial charge >= 0.3 is 0 Å². The second kappa shape index (κ2) is 5.56. The van der Waals surface area contributed by atoms with Gasteiger partial charge < -0.3 is 10.5 Å². The molecular formula is C13H21N3O. The third kappa shape index (κ3) is 2.82. The van der Waals surface area contributed by atoms with E-state index in [0.29, 0.717) is 5.92 Å². The van der Waals surface area contributed by atoms with E-state index >= 15 is 0 Å². The highest BCUT2D eigenvalue weighted by Crippen LogP contribution is 2.29. The Morgan fingerprint density at radius 2 is 2.12 bits per heavy atom. The number of nitrogens with two attached hydrogens (primary N) is 1. The van der Waals surface area contributed by atoms with Crippen LogP contribution in [0.4, 0.5) is 0 Å². The summed E-state index contributed by atoms with van der Waals surface area (Å²) in [6.45, 7) is 5.72. The number of ether oxygens (including phenoxy) is 1. The summed E-state index contributed by atoms with van der Waals surface area (Å²) in [5, 5.41) is 8.36. The van der Waals surface area contributed by atoms with E-state index in [4.69, 9.17) is 10.5 Å². The summed E-state index contributed by atoms with van der Waals surface area (Å²) in [5.41, 5.74) is 9.55. The van der Waals surface area contributed by atoms with Crippen molar-refractivity contribution in [3.8, 4) is 0 Å². The number of aryl methyl sites for hydroxylation is 2. The molecule has 2 heterocycles.